The quantitative estimate of drug-likeness (QED) is 0.0706. The second kappa shape index (κ2) is 18.8. The summed E-state index contributed by atoms with van der Waals surface area (Å²) in [7, 11) is 0. The first kappa shape index (κ1) is 41.8. The summed E-state index contributed by atoms with van der Waals surface area (Å²) >= 11 is -1.91. The normalized spacial score (nSPS) is 11.6. The monoisotopic (exact) mass is 1040 g/mol. The maximum atomic E-state index is 11.9. The standard InChI is InChI=1S/C32H24NO.C21H20GeNO3.Ir/c1-21(2)23-16-17-33-30(20-23)28-13-7-12-27-29-19-26(14-15-31(29)34-32(27)28)25-11-6-10-24(18-25)22-8-4-3-5-9-22;1-22(2,3)17-10-12-20(23-14-17)16-9-11-18(21(24)26-25)19(13-16)15-7-5-4-6-8-15;/h3-12,14-21H,1-2H3;4-8,10-14,25H,1-3H3;/q2*-1;/i21D;;. The molecule has 1 N–H and O–H groups in total. The van der Waals surface area contributed by atoms with Crippen molar-refractivity contribution in [3.05, 3.63) is 187 Å². The van der Waals surface area contributed by atoms with E-state index in [4.69, 9.17) is 11.0 Å². The van der Waals surface area contributed by atoms with Crippen LogP contribution in [0.25, 0.3) is 77.8 Å². The van der Waals surface area contributed by atoms with Gasteiger partial charge in [0, 0.05) is 33.1 Å². The molecule has 0 atom stereocenters. The Balaban J connectivity index is 0.000000192. The summed E-state index contributed by atoms with van der Waals surface area (Å²) in [5.74, 6) is 5.46. The van der Waals surface area contributed by atoms with E-state index in [0.717, 1.165) is 66.7 Å². The van der Waals surface area contributed by atoms with Crippen molar-refractivity contribution in [3.8, 4) is 55.9 Å². The number of benzene rings is 6. The molecule has 305 valence electrons. The number of rotatable bonds is 8. The van der Waals surface area contributed by atoms with Crippen LogP contribution < -0.4 is 4.40 Å². The number of hydrogen-bond acceptors (Lipinski definition) is 6. The van der Waals surface area contributed by atoms with E-state index in [0.29, 0.717) is 5.56 Å². The third-order valence-corrected chi connectivity index (χ3v) is 14.8. The maximum Gasteiger partial charge on any atom is 0 e. The summed E-state index contributed by atoms with van der Waals surface area (Å²) in [6, 6.07) is 56.7. The maximum absolute atomic E-state index is 11.9. The minimum atomic E-state index is -1.91. The molecule has 0 unspecified atom stereocenters. The third-order valence-electron chi connectivity index (χ3n) is 10.6. The van der Waals surface area contributed by atoms with Gasteiger partial charge < -0.3 is 9.40 Å². The van der Waals surface area contributed by atoms with E-state index in [1.165, 1.54) is 21.6 Å². The van der Waals surface area contributed by atoms with Crippen molar-refractivity contribution >= 4 is 45.6 Å². The molecule has 0 saturated carbocycles. The summed E-state index contributed by atoms with van der Waals surface area (Å²) in [6.07, 6.45) is 3.70. The summed E-state index contributed by atoms with van der Waals surface area (Å²) < 4.78 is 16.1. The number of pyridine rings is 2. The Hall–Kier alpha value is -5.96. The molecule has 0 amide bonds. The van der Waals surface area contributed by atoms with Crippen molar-refractivity contribution in [2.75, 3.05) is 0 Å². The Morgan fingerprint density at radius 3 is 2.08 bits per heavy atom. The van der Waals surface area contributed by atoms with Crippen LogP contribution in [0.15, 0.2) is 168 Å². The third kappa shape index (κ3) is 9.51. The first-order valence-corrected chi connectivity index (χ1v) is 27.2. The van der Waals surface area contributed by atoms with Gasteiger partial charge >= 0.3 is 156 Å². The molecule has 9 aromatic rings. The van der Waals surface area contributed by atoms with E-state index < -0.39 is 25.1 Å². The summed E-state index contributed by atoms with van der Waals surface area (Å²) in [4.78, 5) is 25.0. The minimum Gasteiger partial charge on any atom is 0 e. The number of carbonyl (C=O) groups excluding carboxylic acids is 1. The van der Waals surface area contributed by atoms with E-state index in [9.17, 15) is 4.79 Å². The molecule has 9 rings (SSSR count). The molecule has 1 radical (unpaired) electrons. The molecule has 3 aromatic heterocycles. The number of furan rings is 1. The number of nitrogens with zero attached hydrogens (tertiary/aromatic N) is 2. The first-order valence-electron chi connectivity index (χ1n) is 20.3. The van der Waals surface area contributed by atoms with Crippen LogP contribution in [-0.4, -0.2) is 34.5 Å². The number of aromatic nitrogens is 2. The van der Waals surface area contributed by atoms with E-state index >= 15 is 0 Å². The predicted octanol–water partition coefficient (Wildman–Crippen LogP) is 13.3. The Bertz CT molecular complexity index is 3000. The van der Waals surface area contributed by atoms with Gasteiger partial charge in [0.1, 0.15) is 5.58 Å². The largest absolute Gasteiger partial charge is 0 e. The van der Waals surface area contributed by atoms with Gasteiger partial charge in [-0.15, -0.1) is 18.2 Å². The van der Waals surface area contributed by atoms with Gasteiger partial charge in [0.15, 0.2) is 0 Å². The van der Waals surface area contributed by atoms with Crippen molar-refractivity contribution in [3.63, 3.8) is 0 Å². The molecular weight excluding hydrogens is 993 g/mol. The molecule has 0 fully saturated rings. The minimum absolute atomic E-state index is 0. The Morgan fingerprint density at radius 2 is 1.41 bits per heavy atom. The van der Waals surface area contributed by atoms with Gasteiger partial charge in [-0.3, -0.25) is 0 Å². The van der Waals surface area contributed by atoms with Crippen molar-refractivity contribution in [2.24, 2.45) is 0 Å². The Kier molecular flexibility index (Phi) is 12.8. The second-order valence-corrected chi connectivity index (χ2v) is 26.5. The number of carbonyl (C=O) groups is 1. The molecule has 0 aliphatic heterocycles. The van der Waals surface area contributed by atoms with E-state index in [1.807, 2.05) is 98.9 Å². The molecule has 3 heterocycles. The smallest absolute Gasteiger partial charge is 0 e. The Morgan fingerprint density at radius 1 is 0.721 bits per heavy atom. The zero-order chi connectivity index (χ0) is 42.7. The van der Waals surface area contributed by atoms with Gasteiger partial charge in [-0.1, -0.05) is 91.0 Å². The zero-order valence-electron chi connectivity index (χ0n) is 35.5. The predicted molar refractivity (Wildman–Crippen MR) is 246 cm³/mol. The van der Waals surface area contributed by atoms with Crippen LogP contribution in [0.2, 0.25) is 17.3 Å². The number of fused-ring (bicyclic) bond motifs is 3. The average molecular weight is 1040 g/mol. The van der Waals surface area contributed by atoms with Crippen molar-refractivity contribution in [1.29, 1.82) is 0 Å². The van der Waals surface area contributed by atoms with Crippen LogP contribution in [0.1, 0.15) is 37.0 Å². The fourth-order valence-electron chi connectivity index (χ4n) is 7.21. The van der Waals surface area contributed by atoms with E-state index in [1.54, 1.807) is 6.20 Å². The van der Waals surface area contributed by atoms with Crippen LogP contribution in [-0.2, 0) is 25.0 Å². The van der Waals surface area contributed by atoms with Crippen LogP contribution in [0.5, 0.6) is 0 Å². The molecule has 0 bridgehead atoms. The topological polar surface area (TPSA) is 85.5 Å². The van der Waals surface area contributed by atoms with Gasteiger partial charge in [0.05, 0.1) is 5.58 Å². The molecular formula is C53H44GeIrN2O4-2. The van der Waals surface area contributed by atoms with Gasteiger partial charge in [-0.05, 0) is 58.1 Å². The fourth-order valence-corrected chi connectivity index (χ4v) is 9.38. The molecule has 61 heavy (non-hydrogen) atoms. The van der Waals surface area contributed by atoms with Gasteiger partial charge in [0.2, 0.25) is 0 Å². The molecule has 8 heteroatoms. The average Bonchev–Trinajstić information content (AvgIpc) is 3.67. The second-order valence-electron chi connectivity index (χ2n) is 15.9. The molecule has 6 aromatic carbocycles. The van der Waals surface area contributed by atoms with E-state index in [2.05, 4.69) is 111 Å². The summed E-state index contributed by atoms with van der Waals surface area (Å²) in [5, 5.41) is 10.9. The van der Waals surface area contributed by atoms with Crippen molar-refractivity contribution in [2.45, 2.75) is 37.0 Å². The number of hydrogen-bond donors (Lipinski definition) is 1. The fraction of sp³-hybridized carbons (Fsp3) is 0.113. The van der Waals surface area contributed by atoms with Gasteiger partial charge in [-0.2, -0.15) is 0 Å². The molecule has 6 nitrogen and oxygen atoms in total. The van der Waals surface area contributed by atoms with Crippen LogP contribution in [0.3, 0.4) is 0 Å². The Labute approximate surface area is 374 Å². The van der Waals surface area contributed by atoms with E-state index in [-0.39, 0.29) is 25.7 Å². The van der Waals surface area contributed by atoms with Crippen LogP contribution in [0, 0.1) is 12.1 Å². The SMILES string of the molecule is [2H]C(C)(C)c1ccnc(-c2[c-]ccc3c2oc2ccc(-c4cccc(-c5ccccc5)c4)cc23)c1.[CH3][Ge]([CH3])([CH3])[c]1ccc(-c2[c-]cc(C(=O)OO)c(-c3ccccc3)c2)nc1.[Ir]. The van der Waals surface area contributed by atoms with Crippen LogP contribution in [0.4, 0.5) is 0 Å². The van der Waals surface area contributed by atoms with Crippen molar-refractivity contribution in [1.82, 2.24) is 9.97 Å². The summed E-state index contributed by atoms with van der Waals surface area (Å²) in [5.41, 5.74) is 12.1. The van der Waals surface area contributed by atoms with Gasteiger partial charge in [-0.25, -0.2) is 0 Å². The molecule has 0 saturated heterocycles. The zero-order valence-corrected chi connectivity index (χ0v) is 39.0. The van der Waals surface area contributed by atoms with Crippen molar-refractivity contribution < 1.29 is 40.8 Å². The van der Waals surface area contributed by atoms with Crippen LogP contribution >= 0.6 is 0 Å². The molecule has 0 aliphatic rings. The molecule has 0 spiro atoms. The molecule has 0 aliphatic carbocycles. The summed E-state index contributed by atoms with van der Waals surface area (Å²) in [6.45, 7) is 3.76. The van der Waals surface area contributed by atoms with Gasteiger partial charge in [0.25, 0.3) is 0 Å². The first-order chi connectivity index (χ1) is 29.4.